The normalized spacial score (nSPS) is 10.4. The van der Waals surface area contributed by atoms with Crippen LogP contribution in [0.15, 0.2) is 18.2 Å². The summed E-state index contributed by atoms with van der Waals surface area (Å²) in [5.41, 5.74) is 1.21. The van der Waals surface area contributed by atoms with Gasteiger partial charge in [0.1, 0.15) is 0 Å². The Kier molecular flexibility index (Phi) is 7.22. The van der Waals surface area contributed by atoms with E-state index in [0.29, 0.717) is 13.2 Å². The van der Waals surface area contributed by atoms with Crippen molar-refractivity contribution in [3.8, 4) is 11.5 Å². The number of nitrogens with one attached hydrogen (secondary N) is 2. The molecule has 0 fully saturated rings. The lowest BCUT2D eigenvalue weighted by Gasteiger charge is -2.12. The average Bonchev–Trinajstić information content (AvgIpc) is 2.38. The number of rotatable bonds is 9. The zero-order valence-electron chi connectivity index (χ0n) is 11.6. The maximum Gasteiger partial charge on any atom is 0.161 e. The van der Waals surface area contributed by atoms with Gasteiger partial charge in [0.05, 0.1) is 13.2 Å². The first-order valence-corrected chi connectivity index (χ1v) is 6.55. The molecule has 1 aromatic rings. The molecule has 0 bridgehead atoms. The Morgan fingerprint density at radius 2 is 1.72 bits per heavy atom. The molecule has 0 unspecified atom stereocenters. The van der Waals surface area contributed by atoms with Crippen molar-refractivity contribution >= 4 is 0 Å². The van der Waals surface area contributed by atoms with Crippen molar-refractivity contribution in [2.24, 2.45) is 0 Å². The lowest BCUT2D eigenvalue weighted by molar-refractivity contribution is 0.287. The zero-order valence-corrected chi connectivity index (χ0v) is 11.6. The minimum Gasteiger partial charge on any atom is -0.490 e. The van der Waals surface area contributed by atoms with Crippen LogP contribution in [0.3, 0.4) is 0 Å². The number of ether oxygens (including phenoxy) is 2. The molecule has 0 aliphatic rings. The van der Waals surface area contributed by atoms with Crippen LogP contribution in [0.1, 0.15) is 19.4 Å². The third kappa shape index (κ3) is 4.94. The molecular weight excluding hydrogens is 228 g/mol. The van der Waals surface area contributed by atoms with Gasteiger partial charge in [0.15, 0.2) is 11.5 Å². The molecule has 0 heterocycles. The van der Waals surface area contributed by atoms with E-state index < -0.39 is 0 Å². The van der Waals surface area contributed by atoms with Gasteiger partial charge in [-0.25, -0.2) is 0 Å². The van der Waals surface area contributed by atoms with Gasteiger partial charge in [-0.1, -0.05) is 6.07 Å². The molecule has 4 nitrogen and oxygen atoms in total. The van der Waals surface area contributed by atoms with Crippen LogP contribution in [-0.2, 0) is 6.54 Å². The molecular formula is C14H24N2O2. The Hall–Kier alpha value is -1.26. The standard InChI is InChI=1S/C14H24N2O2/c1-4-17-13-7-6-12(10-14(13)18-5-2)11-16-9-8-15-3/h6-7,10,15-16H,4-5,8-9,11H2,1-3H3. The molecule has 0 amide bonds. The van der Waals surface area contributed by atoms with E-state index in [-0.39, 0.29) is 0 Å². The van der Waals surface area contributed by atoms with Gasteiger partial charge in [0.25, 0.3) is 0 Å². The van der Waals surface area contributed by atoms with E-state index in [4.69, 9.17) is 9.47 Å². The molecule has 4 heteroatoms. The third-order valence-corrected chi connectivity index (χ3v) is 2.49. The summed E-state index contributed by atoms with van der Waals surface area (Å²) in [4.78, 5) is 0. The Balaban J connectivity index is 2.61. The Morgan fingerprint density at radius 1 is 1.00 bits per heavy atom. The maximum absolute atomic E-state index is 5.59. The first kappa shape index (κ1) is 14.8. The Labute approximate surface area is 110 Å². The van der Waals surface area contributed by atoms with Crippen molar-refractivity contribution < 1.29 is 9.47 Å². The van der Waals surface area contributed by atoms with Crippen LogP contribution < -0.4 is 20.1 Å². The number of likely N-dealkylation sites (N-methyl/N-ethyl adjacent to an activating group) is 1. The maximum atomic E-state index is 5.59. The first-order chi connectivity index (χ1) is 8.81. The van der Waals surface area contributed by atoms with E-state index in [0.717, 1.165) is 31.1 Å². The van der Waals surface area contributed by atoms with Gasteiger partial charge in [0.2, 0.25) is 0 Å². The quantitative estimate of drug-likeness (QED) is 0.658. The van der Waals surface area contributed by atoms with E-state index in [1.807, 2.05) is 33.0 Å². The highest BCUT2D eigenvalue weighted by molar-refractivity contribution is 5.43. The summed E-state index contributed by atoms with van der Waals surface area (Å²) in [5, 5.41) is 6.47. The van der Waals surface area contributed by atoms with E-state index in [9.17, 15) is 0 Å². The summed E-state index contributed by atoms with van der Waals surface area (Å²) in [6.07, 6.45) is 0. The Morgan fingerprint density at radius 3 is 2.39 bits per heavy atom. The molecule has 0 aliphatic carbocycles. The molecule has 0 radical (unpaired) electrons. The second-order valence-corrected chi connectivity index (χ2v) is 3.93. The van der Waals surface area contributed by atoms with Gasteiger partial charge in [0, 0.05) is 19.6 Å². The fourth-order valence-corrected chi connectivity index (χ4v) is 1.65. The average molecular weight is 252 g/mol. The van der Waals surface area contributed by atoms with Gasteiger partial charge in [-0.05, 0) is 38.6 Å². The smallest absolute Gasteiger partial charge is 0.161 e. The van der Waals surface area contributed by atoms with Crippen molar-refractivity contribution in [1.82, 2.24) is 10.6 Å². The second kappa shape index (κ2) is 8.78. The van der Waals surface area contributed by atoms with Crippen molar-refractivity contribution in [1.29, 1.82) is 0 Å². The molecule has 0 aliphatic heterocycles. The number of hydrogen-bond acceptors (Lipinski definition) is 4. The lowest BCUT2D eigenvalue weighted by atomic mass is 10.2. The molecule has 1 aromatic carbocycles. The molecule has 1 rings (SSSR count). The molecule has 0 spiro atoms. The zero-order chi connectivity index (χ0) is 13.2. The molecule has 0 aromatic heterocycles. The van der Waals surface area contributed by atoms with Gasteiger partial charge in [-0.3, -0.25) is 0 Å². The van der Waals surface area contributed by atoms with E-state index in [1.54, 1.807) is 0 Å². The van der Waals surface area contributed by atoms with E-state index in [2.05, 4.69) is 16.7 Å². The SMILES string of the molecule is CCOc1ccc(CNCCNC)cc1OCC. The van der Waals surface area contributed by atoms with Gasteiger partial charge >= 0.3 is 0 Å². The van der Waals surface area contributed by atoms with Crippen LogP contribution in [0.4, 0.5) is 0 Å². The predicted molar refractivity (Wildman–Crippen MR) is 74.4 cm³/mol. The fourth-order valence-electron chi connectivity index (χ4n) is 1.65. The Bertz CT molecular complexity index is 343. The molecule has 2 N–H and O–H groups in total. The highest BCUT2D eigenvalue weighted by Gasteiger charge is 2.05. The molecule has 0 saturated carbocycles. The topological polar surface area (TPSA) is 42.5 Å². The highest BCUT2D eigenvalue weighted by atomic mass is 16.5. The summed E-state index contributed by atoms with van der Waals surface area (Å²) >= 11 is 0. The summed E-state index contributed by atoms with van der Waals surface area (Å²) < 4.78 is 11.1. The highest BCUT2D eigenvalue weighted by Crippen LogP contribution is 2.28. The van der Waals surface area contributed by atoms with Gasteiger partial charge in [-0.2, -0.15) is 0 Å². The minimum absolute atomic E-state index is 0.650. The van der Waals surface area contributed by atoms with Crippen LogP contribution >= 0.6 is 0 Å². The van der Waals surface area contributed by atoms with Crippen LogP contribution in [-0.4, -0.2) is 33.4 Å². The summed E-state index contributed by atoms with van der Waals surface area (Å²) in [5.74, 6) is 1.64. The molecule has 18 heavy (non-hydrogen) atoms. The molecule has 0 saturated heterocycles. The van der Waals surface area contributed by atoms with Crippen molar-refractivity contribution in [3.05, 3.63) is 23.8 Å². The molecule has 0 atom stereocenters. The third-order valence-electron chi connectivity index (χ3n) is 2.49. The van der Waals surface area contributed by atoms with Crippen molar-refractivity contribution in [3.63, 3.8) is 0 Å². The van der Waals surface area contributed by atoms with E-state index in [1.165, 1.54) is 5.56 Å². The van der Waals surface area contributed by atoms with Crippen LogP contribution in [0.5, 0.6) is 11.5 Å². The van der Waals surface area contributed by atoms with Crippen molar-refractivity contribution in [2.45, 2.75) is 20.4 Å². The largest absolute Gasteiger partial charge is 0.490 e. The molecule has 102 valence electrons. The first-order valence-electron chi connectivity index (χ1n) is 6.55. The fraction of sp³-hybridized carbons (Fsp3) is 0.571. The van der Waals surface area contributed by atoms with Crippen LogP contribution in [0.2, 0.25) is 0 Å². The van der Waals surface area contributed by atoms with E-state index >= 15 is 0 Å². The van der Waals surface area contributed by atoms with Crippen LogP contribution in [0.25, 0.3) is 0 Å². The number of benzene rings is 1. The number of hydrogen-bond donors (Lipinski definition) is 2. The summed E-state index contributed by atoms with van der Waals surface area (Å²) in [7, 11) is 1.95. The minimum atomic E-state index is 0.650. The predicted octanol–water partition coefficient (Wildman–Crippen LogP) is 1.79. The lowest BCUT2D eigenvalue weighted by Crippen LogP contribution is -2.24. The second-order valence-electron chi connectivity index (χ2n) is 3.93. The summed E-state index contributed by atoms with van der Waals surface area (Å²) in [6.45, 7) is 8.02. The van der Waals surface area contributed by atoms with Gasteiger partial charge < -0.3 is 20.1 Å². The van der Waals surface area contributed by atoms with Crippen molar-refractivity contribution in [2.75, 3.05) is 33.4 Å². The summed E-state index contributed by atoms with van der Waals surface area (Å²) in [6, 6.07) is 6.09. The van der Waals surface area contributed by atoms with Gasteiger partial charge in [-0.15, -0.1) is 0 Å². The van der Waals surface area contributed by atoms with Crippen LogP contribution in [0, 0.1) is 0 Å². The monoisotopic (exact) mass is 252 g/mol.